The maximum atomic E-state index is 12.8. The smallest absolute Gasteiger partial charge is 0.323 e. The summed E-state index contributed by atoms with van der Waals surface area (Å²) in [5.41, 5.74) is -0.695. The van der Waals surface area contributed by atoms with Crippen LogP contribution in [0.2, 0.25) is 0 Å². The summed E-state index contributed by atoms with van der Waals surface area (Å²) < 4.78 is 5.16. The fourth-order valence-electron chi connectivity index (χ4n) is 3.31. The molecule has 4 amide bonds. The van der Waals surface area contributed by atoms with Gasteiger partial charge in [-0.25, -0.2) is 4.79 Å². The van der Waals surface area contributed by atoms with E-state index in [0.717, 1.165) is 5.56 Å². The first-order valence-corrected chi connectivity index (χ1v) is 8.72. The van der Waals surface area contributed by atoms with Crippen LogP contribution in [-0.2, 0) is 11.3 Å². The number of nitrogens with zero attached hydrogens (tertiary/aromatic N) is 1. The highest BCUT2D eigenvalue weighted by molar-refractivity contribution is 6.10. The molecule has 1 saturated heterocycles. The van der Waals surface area contributed by atoms with Gasteiger partial charge in [0.25, 0.3) is 17.4 Å². The second kappa shape index (κ2) is 6.83. The molecule has 0 saturated carbocycles. The normalized spacial score (nSPS) is 19.9. The Labute approximate surface area is 166 Å². The van der Waals surface area contributed by atoms with Gasteiger partial charge in [-0.15, -0.1) is 0 Å². The van der Waals surface area contributed by atoms with Crippen LogP contribution in [-0.4, -0.2) is 46.9 Å². The number of methoxy groups -OCH3 is 1. The Bertz CT molecular complexity index is 1170. The molecule has 0 aliphatic carbocycles. The minimum Gasteiger partial charge on any atom is -0.497 e. The van der Waals surface area contributed by atoms with Crippen LogP contribution < -0.4 is 20.9 Å². The summed E-state index contributed by atoms with van der Waals surface area (Å²) in [7, 11) is 1.51. The lowest BCUT2D eigenvalue weighted by Gasteiger charge is -2.26. The minimum atomic E-state index is -1.67. The number of aromatic amines is 1. The van der Waals surface area contributed by atoms with Crippen LogP contribution in [0.1, 0.15) is 22.9 Å². The zero-order valence-electron chi connectivity index (χ0n) is 15.4. The standard InChI is InChI=1S/C20H16N4O5.H2/c1-29-14-5-4-13-10-24(17(26)15(13)9-14)11-20(18(27)22-19(28)23-20)7-6-12-3-2-8-21-16(12)25;/h2-5,8-9H,10-11H2,1H3,(H,21,25)(H2,22,23,27,28);1H/t20-;/m1./s1. The van der Waals surface area contributed by atoms with Crippen molar-refractivity contribution in [3.8, 4) is 17.6 Å². The average molecular weight is 394 g/mol. The molecule has 0 bridgehead atoms. The van der Waals surface area contributed by atoms with E-state index in [1.165, 1.54) is 24.3 Å². The molecule has 0 radical (unpaired) electrons. The number of amides is 4. The Morgan fingerprint density at radius 3 is 2.76 bits per heavy atom. The van der Waals surface area contributed by atoms with Gasteiger partial charge in [0.2, 0.25) is 5.54 Å². The minimum absolute atomic E-state index is 0. The van der Waals surface area contributed by atoms with Crippen LogP contribution in [0.25, 0.3) is 0 Å². The third-order valence-corrected chi connectivity index (χ3v) is 4.79. The number of H-pyrrole nitrogens is 1. The lowest BCUT2D eigenvalue weighted by Crippen LogP contribution is -2.54. The lowest BCUT2D eigenvalue weighted by molar-refractivity contribution is -0.122. The Morgan fingerprint density at radius 1 is 1.24 bits per heavy atom. The van der Waals surface area contributed by atoms with Crippen molar-refractivity contribution in [1.82, 2.24) is 20.5 Å². The summed E-state index contributed by atoms with van der Waals surface area (Å²) in [6.07, 6.45) is 1.46. The second-order valence-electron chi connectivity index (χ2n) is 6.66. The van der Waals surface area contributed by atoms with Crippen LogP contribution in [0.3, 0.4) is 0 Å². The molecule has 9 heteroatoms. The van der Waals surface area contributed by atoms with Gasteiger partial charge in [-0.05, 0) is 29.8 Å². The van der Waals surface area contributed by atoms with Crippen molar-refractivity contribution >= 4 is 17.8 Å². The second-order valence-corrected chi connectivity index (χ2v) is 6.66. The quantitative estimate of drug-likeness (QED) is 0.508. The van der Waals surface area contributed by atoms with E-state index in [1.54, 1.807) is 24.3 Å². The van der Waals surface area contributed by atoms with Gasteiger partial charge in [-0.3, -0.25) is 19.7 Å². The zero-order chi connectivity index (χ0) is 20.6. The zero-order valence-corrected chi connectivity index (χ0v) is 15.4. The molecule has 148 valence electrons. The van der Waals surface area contributed by atoms with Gasteiger partial charge < -0.3 is 19.9 Å². The topological polar surface area (TPSA) is 121 Å². The molecule has 3 N–H and O–H groups in total. The molecule has 2 aliphatic heterocycles. The number of benzene rings is 1. The van der Waals surface area contributed by atoms with E-state index < -0.39 is 23.0 Å². The first-order valence-electron chi connectivity index (χ1n) is 8.72. The van der Waals surface area contributed by atoms with Gasteiger partial charge in [0.15, 0.2) is 0 Å². The largest absolute Gasteiger partial charge is 0.497 e. The molecule has 2 aliphatic rings. The van der Waals surface area contributed by atoms with Crippen LogP contribution >= 0.6 is 0 Å². The molecule has 1 aromatic heterocycles. The predicted octanol–water partition coefficient (Wildman–Crippen LogP) is 0.215. The molecule has 9 nitrogen and oxygen atoms in total. The maximum Gasteiger partial charge on any atom is 0.323 e. The number of fused-ring (bicyclic) bond motifs is 1. The van der Waals surface area contributed by atoms with Crippen LogP contribution in [0.15, 0.2) is 41.3 Å². The summed E-state index contributed by atoms with van der Waals surface area (Å²) >= 11 is 0. The summed E-state index contributed by atoms with van der Waals surface area (Å²) in [4.78, 5) is 53.0. The molecule has 29 heavy (non-hydrogen) atoms. The SMILES string of the molecule is COc1ccc2c(c1)C(=O)N(C[C@@]1(C#Cc3ccc[nH]c3=O)NC(=O)NC1=O)C2.[HH]. The van der Waals surface area contributed by atoms with Crippen molar-refractivity contribution in [3.05, 3.63) is 63.6 Å². The molecular weight excluding hydrogens is 376 g/mol. The molecule has 4 rings (SSSR count). The van der Waals surface area contributed by atoms with Gasteiger partial charge in [-0.1, -0.05) is 17.9 Å². The van der Waals surface area contributed by atoms with Crippen molar-refractivity contribution < 1.29 is 20.5 Å². The van der Waals surface area contributed by atoms with E-state index in [9.17, 15) is 19.2 Å². The van der Waals surface area contributed by atoms with Gasteiger partial charge in [0.05, 0.1) is 19.2 Å². The summed E-state index contributed by atoms with van der Waals surface area (Å²) in [6, 6.07) is 7.54. The van der Waals surface area contributed by atoms with E-state index in [0.29, 0.717) is 11.3 Å². The molecule has 0 spiro atoms. The molecule has 1 fully saturated rings. The van der Waals surface area contributed by atoms with E-state index in [-0.39, 0.29) is 26.0 Å². The van der Waals surface area contributed by atoms with Gasteiger partial charge in [-0.2, -0.15) is 0 Å². The number of carbonyl (C=O) groups excluding carboxylic acids is 3. The average Bonchev–Trinajstić information content (AvgIpc) is 3.16. The first kappa shape index (κ1) is 18.3. The molecule has 2 aromatic rings. The number of urea groups is 1. The number of nitrogens with one attached hydrogen (secondary N) is 3. The lowest BCUT2D eigenvalue weighted by atomic mass is 9.99. The Morgan fingerprint density at radius 2 is 2.07 bits per heavy atom. The molecule has 0 unspecified atom stereocenters. The molecular formula is C20H18N4O5. The highest BCUT2D eigenvalue weighted by Gasteiger charge is 2.48. The Hall–Kier alpha value is -4.06. The van der Waals surface area contributed by atoms with E-state index >= 15 is 0 Å². The number of pyridine rings is 1. The fraction of sp³-hybridized carbons (Fsp3) is 0.200. The van der Waals surface area contributed by atoms with Gasteiger partial charge >= 0.3 is 6.03 Å². The number of hydrogen-bond donors (Lipinski definition) is 3. The van der Waals surface area contributed by atoms with E-state index in [1.807, 2.05) is 0 Å². The van der Waals surface area contributed by atoms with Crippen molar-refractivity contribution in [2.45, 2.75) is 12.1 Å². The number of aromatic nitrogens is 1. The van der Waals surface area contributed by atoms with Crippen molar-refractivity contribution in [1.29, 1.82) is 0 Å². The predicted molar refractivity (Wildman–Crippen MR) is 103 cm³/mol. The summed E-state index contributed by atoms with van der Waals surface area (Å²) in [6.45, 7) is 0.0921. The highest BCUT2D eigenvalue weighted by Crippen LogP contribution is 2.28. The maximum absolute atomic E-state index is 12.8. The monoisotopic (exact) mass is 394 g/mol. The molecule has 1 atom stereocenters. The number of ether oxygens (including phenoxy) is 1. The van der Waals surface area contributed by atoms with Crippen molar-refractivity contribution in [3.63, 3.8) is 0 Å². The number of hydrogen-bond acceptors (Lipinski definition) is 5. The molecule has 1 aromatic carbocycles. The third kappa shape index (κ3) is 3.21. The Kier molecular flexibility index (Phi) is 4.31. The van der Waals surface area contributed by atoms with Crippen LogP contribution in [0.4, 0.5) is 4.79 Å². The van der Waals surface area contributed by atoms with Crippen LogP contribution in [0.5, 0.6) is 5.75 Å². The number of rotatable bonds is 3. The first-order chi connectivity index (χ1) is 13.9. The summed E-state index contributed by atoms with van der Waals surface area (Å²) in [5.74, 6) is 4.91. The third-order valence-electron chi connectivity index (χ3n) is 4.79. The number of imide groups is 1. The van der Waals surface area contributed by atoms with Gasteiger partial charge in [0.1, 0.15) is 5.75 Å². The van der Waals surface area contributed by atoms with E-state index in [4.69, 9.17) is 4.74 Å². The van der Waals surface area contributed by atoms with Crippen molar-refractivity contribution in [2.24, 2.45) is 0 Å². The van der Waals surface area contributed by atoms with Crippen molar-refractivity contribution in [2.75, 3.05) is 13.7 Å². The highest BCUT2D eigenvalue weighted by atomic mass is 16.5. The number of carbonyl (C=O) groups is 3. The van der Waals surface area contributed by atoms with E-state index in [2.05, 4.69) is 27.5 Å². The van der Waals surface area contributed by atoms with Crippen LogP contribution in [0, 0.1) is 11.8 Å². The Balaban J connectivity index is 0.00000256. The summed E-state index contributed by atoms with van der Waals surface area (Å²) in [5, 5.41) is 4.65. The van der Waals surface area contributed by atoms with Gasteiger partial charge in [0, 0.05) is 19.7 Å². The fourth-order valence-corrected chi connectivity index (χ4v) is 3.31. The molecule has 3 heterocycles.